The molecule has 0 spiro atoms. The third kappa shape index (κ3) is 3.16. The van der Waals surface area contributed by atoms with Crippen LogP contribution in [0.5, 0.6) is 0 Å². The van der Waals surface area contributed by atoms with E-state index in [1.165, 1.54) is 17.7 Å². The van der Waals surface area contributed by atoms with Gasteiger partial charge in [0.05, 0.1) is 19.3 Å². The van der Waals surface area contributed by atoms with E-state index >= 15 is 0 Å². The van der Waals surface area contributed by atoms with E-state index in [1.807, 2.05) is 0 Å². The fourth-order valence-electron chi connectivity index (χ4n) is 2.29. The van der Waals surface area contributed by atoms with Gasteiger partial charge < -0.3 is 10.1 Å². The number of anilines is 1. The molecule has 1 N–H and O–H groups in total. The number of rotatable bonds is 5. The molecule has 0 saturated heterocycles. The molecule has 24 heavy (non-hydrogen) atoms. The summed E-state index contributed by atoms with van der Waals surface area (Å²) in [5.41, 5.74) is 1.02. The Morgan fingerprint density at radius 3 is 2.79 bits per heavy atom. The van der Waals surface area contributed by atoms with Crippen LogP contribution >= 0.6 is 11.6 Å². The summed E-state index contributed by atoms with van der Waals surface area (Å²) in [7, 11) is 1.29. The summed E-state index contributed by atoms with van der Waals surface area (Å²) in [5, 5.41) is 3.60. The molecule has 0 fully saturated rings. The van der Waals surface area contributed by atoms with Crippen LogP contribution in [0.3, 0.4) is 0 Å². The quantitative estimate of drug-likeness (QED) is 0.716. The summed E-state index contributed by atoms with van der Waals surface area (Å²) in [5.74, 6) is 0.254. The summed E-state index contributed by atoms with van der Waals surface area (Å²) in [6, 6.07) is 7.99. The lowest BCUT2D eigenvalue weighted by Gasteiger charge is -2.16. The van der Waals surface area contributed by atoms with Gasteiger partial charge in [-0.3, -0.25) is 4.40 Å². The lowest BCUT2D eigenvalue weighted by Crippen LogP contribution is -2.14. The number of imidazole rings is 1. The van der Waals surface area contributed by atoms with E-state index in [0.29, 0.717) is 16.6 Å². The lowest BCUT2D eigenvalue weighted by molar-refractivity contribution is 0.0593. The molecule has 0 amide bonds. The van der Waals surface area contributed by atoms with Crippen molar-refractivity contribution < 1.29 is 13.9 Å². The summed E-state index contributed by atoms with van der Waals surface area (Å²) >= 11 is 5.85. The third-order valence-corrected chi connectivity index (χ3v) is 3.77. The minimum atomic E-state index is -0.615. The molecule has 1 unspecified atom stereocenters. The molecular formula is C16H14ClFN4O2. The van der Waals surface area contributed by atoms with Gasteiger partial charge in [-0.1, -0.05) is 23.7 Å². The van der Waals surface area contributed by atoms with Crippen LogP contribution in [0, 0.1) is 0 Å². The fraction of sp³-hybridized carbons (Fsp3) is 0.188. The highest BCUT2D eigenvalue weighted by Crippen LogP contribution is 2.21. The molecule has 124 valence electrons. The van der Waals surface area contributed by atoms with Crippen molar-refractivity contribution in [2.75, 3.05) is 19.1 Å². The predicted molar refractivity (Wildman–Crippen MR) is 88.1 cm³/mol. The first-order chi connectivity index (χ1) is 11.6. The Bertz CT molecular complexity index is 866. The number of aromatic nitrogens is 3. The first-order valence-electron chi connectivity index (χ1n) is 7.12. The number of alkyl halides is 1. The SMILES string of the molecule is COC(=O)c1cnc2nc(NC(CF)c3ccc(Cl)cc3)ccn12. The number of hydrogen-bond acceptors (Lipinski definition) is 5. The zero-order chi connectivity index (χ0) is 17.1. The lowest BCUT2D eigenvalue weighted by atomic mass is 10.1. The van der Waals surface area contributed by atoms with Crippen molar-refractivity contribution in [1.82, 2.24) is 14.4 Å². The van der Waals surface area contributed by atoms with Crippen LogP contribution in [0.2, 0.25) is 5.02 Å². The molecule has 0 aliphatic heterocycles. The molecule has 0 aliphatic rings. The first kappa shape index (κ1) is 16.2. The van der Waals surface area contributed by atoms with Gasteiger partial charge >= 0.3 is 5.97 Å². The topological polar surface area (TPSA) is 68.5 Å². The van der Waals surface area contributed by atoms with Gasteiger partial charge in [-0.25, -0.2) is 14.2 Å². The molecule has 0 radical (unpaired) electrons. The van der Waals surface area contributed by atoms with Gasteiger partial charge in [0, 0.05) is 11.2 Å². The minimum absolute atomic E-state index is 0.270. The van der Waals surface area contributed by atoms with Gasteiger partial charge in [0.2, 0.25) is 5.78 Å². The number of ether oxygens (including phenoxy) is 1. The fourth-order valence-corrected chi connectivity index (χ4v) is 2.42. The summed E-state index contributed by atoms with van der Waals surface area (Å²) in [4.78, 5) is 20.0. The second-order valence-corrected chi connectivity index (χ2v) is 5.46. The summed E-state index contributed by atoms with van der Waals surface area (Å²) in [6.45, 7) is -0.615. The highest BCUT2D eigenvalue weighted by molar-refractivity contribution is 6.30. The number of fused-ring (bicyclic) bond motifs is 1. The van der Waals surface area contributed by atoms with E-state index in [-0.39, 0.29) is 5.69 Å². The first-order valence-corrected chi connectivity index (χ1v) is 7.50. The number of carbonyl (C=O) groups excluding carboxylic acids is 1. The van der Waals surface area contributed by atoms with Gasteiger partial charge in [0.1, 0.15) is 12.5 Å². The van der Waals surface area contributed by atoms with Crippen LogP contribution in [0.25, 0.3) is 5.78 Å². The van der Waals surface area contributed by atoms with Gasteiger partial charge in [-0.15, -0.1) is 0 Å². The molecule has 2 aromatic heterocycles. The Morgan fingerprint density at radius 2 is 2.12 bits per heavy atom. The second-order valence-electron chi connectivity index (χ2n) is 5.02. The van der Waals surface area contributed by atoms with Crippen molar-refractivity contribution in [1.29, 1.82) is 0 Å². The standard InChI is InChI=1S/C16H14ClFN4O2/c1-24-15(23)13-9-19-16-21-14(6-7-22(13)16)20-12(8-18)10-2-4-11(17)5-3-10/h2-7,9,12H,8H2,1H3,(H,19,20,21). The Morgan fingerprint density at radius 1 is 1.38 bits per heavy atom. The van der Waals surface area contributed by atoms with E-state index in [0.717, 1.165) is 5.56 Å². The van der Waals surface area contributed by atoms with Crippen molar-refractivity contribution in [2.45, 2.75) is 6.04 Å². The Balaban J connectivity index is 1.86. The number of benzene rings is 1. The number of esters is 1. The maximum atomic E-state index is 13.4. The van der Waals surface area contributed by atoms with Crippen LogP contribution in [0.4, 0.5) is 10.2 Å². The van der Waals surface area contributed by atoms with Crippen LogP contribution in [0.1, 0.15) is 22.1 Å². The van der Waals surface area contributed by atoms with Gasteiger partial charge in [0.25, 0.3) is 0 Å². The zero-order valence-corrected chi connectivity index (χ0v) is 13.5. The largest absolute Gasteiger partial charge is 0.464 e. The van der Waals surface area contributed by atoms with Crippen molar-refractivity contribution in [3.05, 3.63) is 59.0 Å². The highest BCUT2D eigenvalue weighted by atomic mass is 35.5. The maximum absolute atomic E-state index is 13.4. The van der Waals surface area contributed by atoms with Gasteiger partial charge in [0.15, 0.2) is 5.69 Å². The monoisotopic (exact) mass is 348 g/mol. The van der Waals surface area contributed by atoms with Gasteiger partial charge in [-0.05, 0) is 23.8 Å². The smallest absolute Gasteiger partial charge is 0.356 e. The molecular weight excluding hydrogens is 335 g/mol. The summed E-state index contributed by atoms with van der Waals surface area (Å²) in [6.07, 6.45) is 3.00. The third-order valence-electron chi connectivity index (χ3n) is 3.52. The van der Waals surface area contributed by atoms with Crippen LogP contribution in [-0.2, 0) is 4.74 Å². The molecule has 0 aliphatic carbocycles. The van der Waals surface area contributed by atoms with Crippen molar-refractivity contribution in [2.24, 2.45) is 0 Å². The Labute approximate surface area is 142 Å². The molecule has 0 saturated carbocycles. The van der Waals surface area contributed by atoms with Crippen molar-refractivity contribution in [3.8, 4) is 0 Å². The number of halogens is 2. The predicted octanol–water partition coefficient (Wildman–Crippen LogP) is 3.29. The molecule has 0 bridgehead atoms. The van der Waals surface area contributed by atoms with E-state index in [1.54, 1.807) is 36.5 Å². The maximum Gasteiger partial charge on any atom is 0.356 e. The average molecular weight is 349 g/mol. The number of nitrogens with zero attached hydrogens (tertiary/aromatic N) is 3. The normalized spacial score (nSPS) is 12.1. The Hall–Kier alpha value is -2.67. The number of nitrogens with one attached hydrogen (secondary N) is 1. The minimum Gasteiger partial charge on any atom is -0.464 e. The highest BCUT2D eigenvalue weighted by Gasteiger charge is 2.15. The zero-order valence-electron chi connectivity index (χ0n) is 12.7. The number of hydrogen-bond donors (Lipinski definition) is 1. The molecule has 2 heterocycles. The molecule has 8 heteroatoms. The molecule has 1 atom stereocenters. The van der Waals surface area contributed by atoms with E-state index < -0.39 is 18.7 Å². The molecule has 1 aromatic carbocycles. The van der Waals surface area contributed by atoms with E-state index in [2.05, 4.69) is 20.0 Å². The molecule has 3 aromatic rings. The van der Waals surface area contributed by atoms with Crippen LogP contribution in [-0.4, -0.2) is 34.1 Å². The van der Waals surface area contributed by atoms with Crippen molar-refractivity contribution >= 4 is 29.2 Å². The van der Waals surface area contributed by atoms with Crippen LogP contribution in [0.15, 0.2) is 42.7 Å². The summed E-state index contributed by atoms with van der Waals surface area (Å²) < 4.78 is 19.6. The van der Waals surface area contributed by atoms with Crippen LogP contribution < -0.4 is 5.32 Å². The van der Waals surface area contributed by atoms with Crippen molar-refractivity contribution in [3.63, 3.8) is 0 Å². The van der Waals surface area contributed by atoms with E-state index in [4.69, 9.17) is 11.6 Å². The number of carbonyl (C=O) groups is 1. The van der Waals surface area contributed by atoms with E-state index in [9.17, 15) is 9.18 Å². The molecule has 3 rings (SSSR count). The Kier molecular flexibility index (Phi) is 4.61. The second kappa shape index (κ2) is 6.84. The van der Waals surface area contributed by atoms with Gasteiger partial charge in [-0.2, -0.15) is 4.98 Å². The average Bonchev–Trinajstić information content (AvgIpc) is 3.03. The molecule has 6 nitrogen and oxygen atoms in total. The number of methoxy groups -OCH3 is 1.